The van der Waals surface area contributed by atoms with Crippen LogP contribution in [0.5, 0.6) is 0 Å². The quantitative estimate of drug-likeness (QED) is 0.694. The average Bonchev–Trinajstić information content (AvgIpc) is 3.56. The summed E-state index contributed by atoms with van der Waals surface area (Å²) in [7, 11) is 0. The van der Waals surface area contributed by atoms with Gasteiger partial charge in [-0.05, 0) is 55.7 Å². The van der Waals surface area contributed by atoms with E-state index in [9.17, 15) is 19.2 Å². The van der Waals surface area contributed by atoms with Crippen LogP contribution in [-0.4, -0.2) is 70.3 Å². The molecule has 1 saturated carbocycles. The van der Waals surface area contributed by atoms with Gasteiger partial charge in [0, 0.05) is 25.7 Å². The van der Waals surface area contributed by atoms with Crippen molar-refractivity contribution in [2.24, 2.45) is 11.7 Å². The van der Waals surface area contributed by atoms with E-state index in [1.807, 2.05) is 12.1 Å². The Morgan fingerprint density at radius 1 is 1.15 bits per heavy atom. The number of carbonyl (C=O) groups is 2. The number of hydrogen-bond donors (Lipinski definition) is 1. The van der Waals surface area contributed by atoms with Crippen molar-refractivity contribution in [2.75, 3.05) is 19.6 Å². The van der Waals surface area contributed by atoms with Crippen molar-refractivity contribution in [2.45, 2.75) is 81.6 Å². The van der Waals surface area contributed by atoms with Gasteiger partial charge in [0.15, 0.2) is 0 Å². The van der Waals surface area contributed by atoms with Gasteiger partial charge < -0.3 is 15.5 Å². The van der Waals surface area contributed by atoms with Crippen LogP contribution in [0.2, 0.25) is 0 Å². The van der Waals surface area contributed by atoms with Crippen LogP contribution >= 0.6 is 0 Å². The molecule has 1 aromatic carbocycles. The molecule has 0 aromatic heterocycles. The second kappa shape index (κ2) is 9.63. The molecule has 1 unspecified atom stereocenters. The normalized spacial score (nSPS) is 29.4. The summed E-state index contributed by atoms with van der Waals surface area (Å²) < 4.78 is 13.6. The summed E-state index contributed by atoms with van der Waals surface area (Å²) in [4.78, 5) is 32.3. The van der Waals surface area contributed by atoms with Crippen LogP contribution < -0.4 is 5.73 Å². The summed E-state index contributed by atoms with van der Waals surface area (Å²) in [5, 5.41) is 9.30. The van der Waals surface area contributed by atoms with Gasteiger partial charge in [0.1, 0.15) is 11.9 Å². The summed E-state index contributed by atoms with van der Waals surface area (Å²) >= 11 is 0. The van der Waals surface area contributed by atoms with Crippen LogP contribution in [0.4, 0.5) is 4.39 Å². The van der Waals surface area contributed by atoms with E-state index in [2.05, 4.69) is 15.9 Å². The Bertz CT molecular complexity index is 957. The Hall–Kier alpha value is -2.50. The van der Waals surface area contributed by atoms with Gasteiger partial charge in [-0.25, -0.2) is 4.39 Å². The second-order valence-electron chi connectivity index (χ2n) is 10.4. The summed E-state index contributed by atoms with van der Waals surface area (Å²) in [6.45, 7) is 1.60. The van der Waals surface area contributed by atoms with E-state index in [1.54, 1.807) is 4.90 Å². The van der Waals surface area contributed by atoms with Crippen LogP contribution in [0.3, 0.4) is 0 Å². The third-order valence-electron chi connectivity index (χ3n) is 8.36. The van der Waals surface area contributed by atoms with Gasteiger partial charge in [-0.15, -0.1) is 0 Å². The van der Waals surface area contributed by atoms with E-state index in [0.717, 1.165) is 31.2 Å². The minimum absolute atomic E-state index is 0.0261. The number of piperazine rings is 1. The molecule has 3 heterocycles. The predicted octanol–water partition coefficient (Wildman–Crippen LogP) is 2.57. The largest absolute Gasteiger partial charge is 0.330 e. The Kier molecular flexibility index (Phi) is 6.59. The molecular weight excluding hydrogens is 433 g/mol. The zero-order valence-corrected chi connectivity index (χ0v) is 19.6. The van der Waals surface area contributed by atoms with Crippen molar-refractivity contribution in [3.8, 4) is 6.07 Å². The number of fused-ring (bicyclic) bond motifs is 2. The van der Waals surface area contributed by atoms with Crippen molar-refractivity contribution >= 4 is 11.8 Å². The fourth-order valence-electron chi connectivity index (χ4n) is 6.73. The van der Waals surface area contributed by atoms with E-state index in [4.69, 9.17) is 5.73 Å². The third kappa shape index (κ3) is 4.20. The molecule has 4 aliphatic rings. The Labute approximate surface area is 200 Å². The lowest BCUT2D eigenvalue weighted by molar-refractivity contribution is -0.142. The lowest BCUT2D eigenvalue weighted by Crippen LogP contribution is -2.57. The average molecular weight is 468 g/mol. The number of benzene rings is 1. The minimum atomic E-state index is -0.735. The van der Waals surface area contributed by atoms with Crippen molar-refractivity contribution in [3.63, 3.8) is 0 Å². The molecule has 34 heavy (non-hydrogen) atoms. The predicted molar refractivity (Wildman–Crippen MR) is 125 cm³/mol. The van der Waals surface area contributed by atoms with Crippen molar-refractivity contribution < 1.29 is 14.0 Å². The molecule has 7 nitrogen and oxygen atoms in total. The van der Waals surface area contributed by atoms with Gasteiger partial charge in [0.25, 0.3) is 0 Å². The Balaban J connectivity index is 1.30. The molecule has 1 aromatic rings. The fourth-order valence-corrected chi connectivity index (χ4v) is 6.73. The lowest BCUT2D eigenvalue weighted by atomic mass is 9.80. The molecule has 1 aliphatic carbocycles. The van der Waals surface area contributed by atoms with Crippen molar-refractivity contribution in [3.05, 3.63) is 35.6 Å². The highest BCUT2D eigenvalue weighted by molar-refractivity contribution is 5.87. The third-order valence-corrected chi connectivity index (χ3v) is 8.36. The van der Waals surface area contributed by atoms with Crippen LogP contribution in [0.1, 0.15) is 63.0 Å². The first-order valence-electron chi connectivity index (χ1n) is 12.8. The monoisotopic (exact) mass is 467 g/mol. The highest BCUT2D eigenvalue weighted by atomic mass is 19.1. The molecule has 0 radical (unpaired) electrons. The highest BCUT2D eigenvalue weighted by Gasteiger charge is 2.53. The maximum atomic E-state index is 13.6. The number of amides is 2. The van der Waals surface area contributed by atoms with E-state index < -0.39 is 12.1 Å². The van der Waals surface area contributed by atoms with Gasteiger partial charge in [0.2, 0.25) is 11.8 Å². The maximum Gasteiger partial charge on any atom is 0.241 e. The van der Waals surface area contributed by atoms with Crippen LogP contribution in [-0.2, 0) is 9.59 Å². The standard InChI is InChI=1S/C26H34FN5O2/c27-19-10-8-18(9-11-19)24(17-5-2-1-3-6-17)32-21-13-23(26(32)34)30(15-21)16-22(29)25(33)31-12-4-7-20(31)14-28/h8-11,17,20-24H,1-7,12-13,15-16,29H2/t20-,21?,22-,23-,24-/m0/s1. The van der Waals surface area contributed by atoms with E-state index in [0.29, 0.717) is 32.0 Å². The van der Waals surface area contributed by atoms with Crippen LogP contribution in [0.25, 0.3) is 0 Å². The topological polar surface area (TPSA) is 93.7 Å². The summed E-state index contributed by atoms with van der Waals surface area (Å²) in [5.41, 5.74) is 7.30. The molecular formula is C26H34FN5O2. The van der Waals surface area contributed by atoms with Crippen LogP contribution in [0.15, 0.2) is 24.3 Å². The molecule has 0 spiro atoms. The molecule has 5 atom stereocenters. The molecule has 2 bridgehead atoms. The SMILES string of the molecule is N#C[C@@H]1CCCN1C(=O)[C@@H](N)CN1CC2C[C@H]1C(=O)N2[C@H](c1ccc(F)cc1)C1CCCCC1. The number of nitrogens with zero attached hydrogens (tertiary/aromatic N) is 4. The van der Waals surface area contributed by atoms with E-state index in [-0.39, 0.29) is 35.8 Å². The van der Waals surface area contributed by atoms with E-state index >= 15 is 0 Å². The summed E-state index contributed by atoms with van der Waals surface area (Å²) in [6.07, 6.45) is 8.01. The van der Waals surface area contributed by atoms with Gasteiger partial charge in [0.05, 0.1) is 24.2 Å². The first-order valence-corrected chi connectivity index (χ1v) is 12.8. The number of rotatable bonds is 6. The number of nitriles is 1. The molecule has 182 valence electrons. The fraction of sp³-hybridized carbons (Fsp3) is 0.654. The lowest BCUT2D eigenvalue weighted by Gasteiger charge is -2.43. The summed E-state index contributed by atoms with van der Waals surface area (Å²) in [5.74, 6) is 0.0363. The van der Waals surface area contributed by atoms with Gasteiger partial charge >= 0.3 is 0 Å². The number of carbonyl (C=O) groups excluding carboxylic acids is 2. The number of halogens is 1. The zero-order chi connectivity index (χ0) is 23.8. The number of likely N-dealkylation sites (tertiary alicyclic amines) is 3. The molecule has 5 rings (SSSR count). The van der Waals surface area contributed by atoms with E-state index in [1.165, 1.54) is 31.4 Å². The zero-order valence-electron chi connectivity index (χ0n) is 19.6. The molecule has 2 amide bonds. The Morgan fingerprint density at radius 3 is 2.56 bits per heavy atom. The van der Waals surface area contributed by atoms with Crippen molar-refractivity contribution in [1.82, 2.24) is 14.7 Å². The van der Waals surface area contributed by atoms with Crippen LogP contribution in [0, 0.1) is 23.1 Å². The van der Waals surface area contributed by atoms with Gasteiger partial charge in [-0.1, -0.05) is 31.4 Å². The number of nitrogens with two attached hydrogens (primary N) is 1. The van der Waals surface area contributed by atoms with Gasteiger partial charge in [-0.3, -0.25) is 14.5 Å². The van der Waals surface area contributed by atoms with Gasteiger partial charge in [-0.2, -0.15) is 5.26 Å². The molecule has 4 fully saturated rings. The molecule has 2 N–H and O–H groups in total. The second-order valence-corrected chi connectivity index (χ2v) is 10.4. The van der Waals surface area contributed by atoms with Crippen molar-refractivity contribution in [1.29, 1.82) is 5.26 Å². The first kappa shape index (κ1) is 23.3. The molecule has 3 saturated heterocycles. The smallest absolute Gasteiger partial charge is 0.241 e. The Morgan fingerprint density at radius 2 is 1.88 bits per heavy atom. The number of hydrogen-bond acceptors (Lipinski definition) is 5. The summed E-state index contributed by atoms with van der Waals surface area (Å²) in [6, 6.07) is 7.52. The first-order chi connectivity index (χ1) is 16.5. The molecule has 8 heteroatoms. The minimum Gasteiger partial charge on any atom is -0.330 e. The maximum absolute atomic E-state index is 13.6. The highest BCUT2D eigenvalue weighted by Crippen LogP contribution is 2.45. The molecule has 3 aliphatic heterocycles.